The van der Waals surface area contributed by atoms with Crippen LogP contribution in [0.2, 0.25) is 5.02 Å². The molecule has 0 radical (unpaired) electrons. The molecule has 0 atom stereocenters. The minimum Gasteiger partial charge on any atom is -0.354 e. The molecule has 1 amide bonds. The number of amides is 1. The number of nitrogens with one attached hydrogen (secondary N) is 2. The van der Waals surface area contributed by atoms with Crippen molar-refractivity contribution in [3.63, 3.8) is 0 Å². The molecule has 4 nitrogen and oxygen atoms in total. The van der Waals surface area contributed by atoms with Gasteiger partial charge in [0.05, 0.1) is 17.4 Å². The molecular formula is C18H22ClN3O. The van der Waals surface area contributed by atoms with Gasteiger partial charge in [0, 0.05) is 23.5 Å². The van der Waals surface area contributed by atoms with Crippen molar-refractivity contribution in [2.75, 3.05) is 11.9 Å². The zero-order valence-electron chi connectivity index (χ0n) is 13.5. The van der Waals surface area contributed by atoms with Crippen LogP contribution in [0.5, 0.6) is 0 Å². The van der Waals surface area contributed by atoms with E-state index in [0.29, 0.717) is 17.1 Å². The number of anilines is 2. The highest BCUT2D eigenvalue weighted by Gasteiger charge is 2.07. The number of aryl methyl sites for hydroxylation is 1. The van der Waals surface area contributed by atoms with Crippen molar-refractivity contribution in [2.24, 2.45) is 0 Å². The third-order valence-corrected chi connectivity index (χ3v) is 3.78. The Hall–Kier alpha value is -2.07. The Morgan fingerprint density at radius 2 is 2.04 bits per heavy atom. The van der Waals surface area contributed by atoms with E-state index < -0.39 is 0 Å². The van der Waals surface area contributed by atoms with Gasteiger partial charge >= 0.3 is 0 Å². The van der Waals surface area contributed by atoms with E-state index in [0.717, 1.165) is 36.2 Å². The highest BCUT2D eigenvalue weighted by Crippen LogP contribution is 2.24. The summed E-state index contributed by atoms with van der Waals surface area (Å²) in [7, 11) is 0. The Morgan fingerprint density at radius 3 is 2.83 bits per heavy atom. The van der Waals surface area contributed by atoms with Crippen molar-refractivity contribution in [3.8, 4) is 0 Å². The smallest absolute Gasteiger partial charge is 0.252 e. The van der Waals surface area contributed by atoms with E-state index in [1.54, 1.807) is 18.5 Å². The van der Waals surface area contributed by atoms with Crippen LogP contribution in [0.1, 0.15) is 42.1 Å². The standard InChI is InChI=1S/C18H22ClN3O/c1-3-4-5-8-21-18(23)14-9-16(12-20-11-14)22-17-10-15(19)7-6-13(17)2/h6-7,9-12,22H,3-5,8H2,1-2H3,(H,21,23). The van der Waals surface area contributed by atoms with E-state index in [-0.39, 0.29) is 5.91 Å². The fourth-order valence-electron chi connectivity index (χ4n) is 2.20. The summed E-state index contributed by atoms with van der Waals surface area (Å²) in [6.45, 7) is 4.83. The predicted octanol–water partition coefficient (Wildman–Crippen LogP) is 4.71. The largest absolute Gasteiger partial charge is 0.354 e. The number of unbranched alkanes of at least 4 members (excludes halogenated alkanes) is 2. The second kappa shape index (κ2) is 8.53. The molecule has 5 heteroatoms. The minimum absolute atomic E-state index is 0.0972. The average molecular weight is 332 g/mol. The monoisotopic (exact) mass is 331 g/mol. The molecule has 0 fully saturated rings. The van der Waals surface area contributed by atoms with E-state index in [4.69, 9.17) is 11.6 Å². The molecule has 0 aliphatic rings. The van der Waals surface area contributed by atoms with Crippen molar-refractivity contribution in [2.45, 2.75) is 33.1 Å². The second-order valence-corrected chi connectivity index (χ2v) is 5.95. The van der Waals surface area contributed by atoms with Gasteiger partial charge in [-0.15, -0.1) is 0 Å². The fraction of sp³-hybridized carbons (Fsp3) is 0.333. The molecule has 23 heavy (non-hydrogen) atoms. The lowest BCUT2D eigenvalue weighted by Crippen LogP contribution is -2.24. The normalized spacial score (nSPS) is 10.4. The van der Waals surface area contributed by atoms with Crippen LogP contribution in [0.4, 0.5) is 11.4 Å². The summed E-state index contributed by atoms with van der Waals surface area (Å²) in [6, 6.07) is 7.44. The number of rotatable bonds is 7. The second-order valence-electron chi connectivity index (χ2n) is 5.51. The van der Waals surface area contributed by atoms with Gasteiger partial charge in [0.1, 0.15) is 0 Å². The number of aromatic nitrogens is 1. The molecule has 2 aromatic rings. The Labute approximate surface area is 142 Å². The Morgan fingerprint density at radius 1 is 1.22 bits per heavy atom. The fourth-order valence-corrected chi connectivity index (χ4v) is 2.37. The first-order valence-corrected chi connectivity index (χ1v) is 8.24. The molecule has 0 saturated carbocycles. The highest BCUT2D eigenvalue weighted by molar-refractivity contribution is 6.30. The topological polar surface area (TPSA) is 54.0 Å². The maximum atomic E-state index is 12.1. The summed E-state index contributed by atoms with van der Waals surface area (Å²) < 4.78 is 0. The van der Waals surface area contributed by atoms with Crippen LogP contribution in [-0.2, 0) is 0 Å². The maximum Gasteiger partial charge on any atom is 0.252 e. The number of carbonyl (C=O) groups excluding carboxylic acids is 1. The molecule has 2 N–H and O–H groups in total. The summed E-state index contributed by atoms with van der Waals surface area (Å²) in [6.07, 6.45) is 6.51. The summed E-state index contributed by atoms with van der Waals surface area (Å²) in [5, 5.41) is 6.84. The Bertz CT molecular complexity index is 673. The maximum absolute atomic E-state index is 12.1. The van der Waals surface area contributed by atoms with E-state index in [9.17, 15) is 4.79 Å². The number of halogens is 1. The lowest BCUT2D eigenvalue weighted by atomic mass is 10.2. The van der Waals surface area contributed by atoms with Crippen molar-refractivity contribution < 1.29 is 4.79 Å². The number of benzene rings is 1. The van der Waals surface area contributed by atoms with Crippen LogP contribution in [0.25, 0.3) is 0 Å². The third kappa shape index (κ3) is 5.25. The van der Waals surface area contributed by atoms with Gasteiger partial charge in [0.15, 0.2) is 0 Å². The zero-order valence-corrected chi connectivity index (χ0v) is 14.3. The number of pyridine rings is 1. The molecule has 1 aromatic heterocycles. The first kappa shape index (κ1) is 17.3. The molecule has 0 saturated heterocycles. The van der Waals surface area contributed by atoms with Crippen LogP contribution in [0, 0.1) is 6.92 Å². The molecule has 1 aromatic carbocycles. The lowest BCUT2D eigenvalue weighted by molar-refractivity contribution is 0.0952. The van der Waals surface area contributed by atoms with E-state index >= 15 is 0 Å². The van der Waals surface area contributed by atoms with Gasteiger partial charge in [0.2, 0.25) is 0 Å². The van der Waals surface area contributed by atoms with Crippen LogP contribution in [0.15, 0.2) is 36.7 Å². The van der Waals surface area contributed by atoms with E-state index in [2.05, 4.69) is 22.5 Å². The van der Waals surface area contributed by atoms with Gasteiger partial charge in [-0.05, 0) is 37.1 Å². The van der Waals surface area contributed by atoms with Gasteiger partial charge in [-0.25, -0.2) is 0 Å². The molecule has 0 bridgehead atoms. The summed E-state index contributed by atoms with van der Waals surface area (Å²) >= 11 is 6.03. The van der Waals surface area contributed by atoms with Crippen molar-refractivity contribution >= 4 is 28.9 Å². The molecular weight excluding hydrogens is 310 g/mol. The third-order valence-electron chi connectivity index (χ3n) is 3.54. The van der Waals surface area contributed by atoms with Gasteiger partial charge < -0.3 is 10.6 Å². The first-order valence-electron chi connectivity index (χ1n) is 7.86. The number of carbonyl (C=O) groups is 1. The SMILES string of the molecule is CCCCCNC(=O)c1cncc(Nc2cc(Cl)ccc2C)c1. The Kier molecular flexibility index (Phi) is 6.41. The van der Waals surface area contributed by atoms with Gasteiger partial charge in [0.25, 0.3) is 5.91 Å². The van der Waals surface area contributed by atoms with Gasteiger partial charge in [-0.3, -0.25) is 9.78 Å². The van der Waals surface area contributed by atoms with Gasteiger partial charge in [-0.2, -0.15) is 0 Å². The van der Waals surface area contributed by atoms with Crippen molar-refractivity contribution in [1.82, 2.24) is 10.3 Å². The quantitative estimate of drug-likeness (QED) is 0.722. The number of hydrogen-bond donors (Lipinski definition) is 2. The molecule has 0 spiro atoms. The van der Waals surface area contributed by atoms with Crippen molar-refractivity contribution in [3.05, 3.63) is 52.8 Å². The highest BCUT2D eigenvalue weighted by atomic mass is 35.5. The molecule has 0 aliphatic carbocycles. The molecule has 122 valence electrons. The zero-order chi connectivity index (χ0) is 16.7. The lowest BCUT2D eigenvalue weighted by Gasteiger charge is -2.11. The van der Waals surface area contributed by atoms with Crippen LogP contribution >= 0.6 is 11.6 Å². The molecule has 2 rings (SSSR count). The summed E-state index contributed by atoms with van der Waals surface area (Å²) in [5.41, 5.74) is 3.28. The van der Waals surface area contributed by atoms with Crippen LogP contribution < -0.4 is 10.6 Å². The summed E-state index contributed by atoms with van der Waals surface area (Å²) in [4.78, 5) is 16.3. The number of nitrogens with zero attached hydrogens (tertiary/aromatic N) is 1. The van der Waals surface area contributed by atoms with Gasteiger partial charge in [-0.1, -0.05) is 37.4 Å². The summed E-state index contributed by atoms with van der Waals surface area (Å²) in [5.74, 6) is -0.0972. The molecule has 0 aliphatic heterocycles. The minimum atomic E-state index is -0.0972. The predicted molar refractivity (Wildman–Crippen MR) is 95.6 cm³/mol. The Balaban J connectivity index is 2.04. The molecule has 0 unspecified atom stereocenters. The first-order chi connectivity index (χ1) is 11.1. The van der Waals surface area contributed by atoms with E-state index in [1.807, 2.05) is 25.1 Å². The van der Waals surface area contributed by atoms with E-state index in [1.165, 1.54) is 0 Å². The van der Waals surface area contributed by atoms with Crippen LogP contribution in [0.3, 0.4) is 0 Å². The average Bonchev–Trinajstić information content (AvgIpc) is 2.55. The van der Waals surface area contributed by atoms with Crippen molar-refractivity contribution in [1.29, 1.82) is 0 Å². The molecule has 1 heterocycles. The van der Waals surface area contributed by atoms with Crippen LogP contribution in [-0.4, -0.2) is 17.4 Å². The number of hydrogen-bond acceptors (Lipinski definition) is 3.